The number of halogens is 1. The average Bonchev–Trinajstić information content (AvgIpc) is 2.33. The molecule has 0 radical (unpaired) electrons. The third kappa shape index (κ3) is 52.1. The van der Waals surface area contributed by atoms with Gasteiger partial charge in [0.05, 0.1) is 5.83 Å². The first-order valence-corrected chi connectivity index (χ1v) is 5.85. The van der Waals surface area contributed by atoms with Crippen molar-refractivity contribution in [1.82, 2.24) is 0 Å². The zero-order valence-electron chi connectivity index (χ0n) is 12.1. The molecule has 0 aliphatic heterocycles. The molecule has 0 nitrogen and oxygen atoms in total. The second kappa shape index (κ2) is 29.2. The van der Waals surface area contributed by atoms with Crippen molar-refractivity contribution in [3.63, 3.8) is 0 Å². The second-order valence-corrected chi connectivity index (χ2v) is 2.69. The lowest BCUT2D eigenvalue weighted by Crippen LogP contribution is -1.63. The second-order valence-electron chi connectivity index (χ2n) is 2.69. The molecule has 0 aromatic heterocycles. The summed E-state index contributed by atoms with van der Waals surface area (Å²) in [4.78, 5) is 0. The highest BCUT2D eigenvalue weighted by Gasteiger charge is 1.73. The van der Waals surface area contributed by atoms with Crippen LogP contribution in [0.25, 0.3) is 0 Å². The first-order valence-electron chi connectivity index (χ1n) is 5.85. The average molecular weight is 228 g/mol. The molecule has 0 saturated carbocycles. The van der Waals surface area contributed by atoms with Crippen LogP contribution in [0.4, 0.5) is 4.39 Å². The third-order valence-electron chi connectivity index (χ3n) is 1.54. The summed E-state index contributed by atoms with van der Waals surface area (Å²) in [6.45, 7) is 13.7. The van der Waals surface area contributed by atoms with Crippen LogP contribution in [0.15, 0.2) is 23.6 Å². The maximum absolute atomic E-state index is 11.6. The first kappa shape index (κ1) is 24.3. The van der Waals surface area contributed by atoms with E-state index in [0.29, 0.717) is 0 Å². The van der Waals surface area contributed by atoms with Crippen molar-refractivity contribution in [2.45, 2.75) is 61.3 Å². The molecule has 0 heterocycles. The van der Waals surface area contributed by atoms with Gasteiger partial charge in [0.1, 0.15) is 0 Å². The van der Waals surface area contributed by atoms with E-state index in [1.54, 1.807) is 6.08 Å². The van der Waals surface area contributed by atoms with E-state index >= 15 is 0 Å². The van der Waals surface area contributed by atoms with Crippen molar-refractivity contribution < 1.29 is 4.39 Å². The zero-order chi connectivity index (χ0) is 14.0. The van der Waals surface area contributed by atoms with Crippen LogP contribution < -0.4 is 0 Å². The van der Waals surface area contributed by atoms with Gasteiger partial charge < -0.3 is 0 Å². The quantitative estimate of drug-likeness (QED) is 0.407. The molecule has 0 saturated heterocycles. The fraction of sp³-hybridized carbons (Fsp3) is 0.600. The van der Waals surface area contributed by atoms with Crippen LogP contribution in [-0.2, 0) is 0 Å². The predicted octanol–water partition coefficient (Wildman–Crippen LogP) is 5.91. The molecule has 0 spiro atoms. The summed E-state index contributed by atoms with van der Waals surface area (Å²) in [5.74, 6) is -0.0856. The fourth-order valence-corrected chi connectivity index (χ4v) is 0.485. The van der Waals surface area contributed by atoms with Gasteiger partial charge in [-0.05, 0) is 33.6 Å². The topological polar surface area (TPSA) is 0 Å². The fourth-order valence-electron chi connectivity index (χ4n) is 0.485. The highest BCUT2D eigenvalue weighted by molar-refractivity contribution is 4.93. The summed E-state index contributed by atoms with van der Waals surface area (Å²) in [5.41, 5.74) is 1.47. The summed E-state index contributed by atoms with van der Waals surface area (Å²) in [6, 6.07) is 0. The van der Waals surface area contributed by atoms with E-state index in [-0.39, 0.29) is 5.83 Å². The largest absolute Gasteiger partial charge is 0.212 e. The Labute approximate surface area is 103 Å². The minimum atomic E-state index is -0.0856. The molecule has 96 valence electrons. The summed E-state index contributed by atoms with van der Waals surface area (Å²) in [7, 11) is 0. The van der Waals surface area contributed by atoms with Crippen LogP contribution in [0.1, 0.15) is 61.3 Å². The minimum Gasteiger partial charge on any atom is -0.212 e. The molecule has 16 heavy (non-hydrogen) atoms. The maximum Gasteiger partial charge on any atom is 0.0928 e. The Bertz CT molecular complexity index is 169. The van der Waals surface area contributed by atoms with Crippen LogP contribution in [0.3, 0.4) is 0 Å². The van der Waals surface area contributed by atoms with Crippen LogP contribution in [-0.4, -0.2) is 0 Å². The summed E-state index contributed by atoms with van der Waals surface area (Å²) >= 11 is 0. The van der Waals surface area contributed by atoms with Crippen molar-refractivity contribution in [3.8, 4) is 12.8 Å². The van der Waals surface area contributed by atoms with Gasteiger partial charge in [-0.2, -0.15) is 0 Å². The SMILES string of the molecule is C#C.C/C=C(\C)CC.CC.CC/C=C(/C)F. The first-order chi connectivity index (χ1) is 7.58. The smallest absolute Gasteiger partial charge is 0.0928 e. The Hall–Kier alpha value is -1.03. The van der Waals surface area contributed by atoms with Crippen LogP contribution >= 0.6 is 0 Å². The lowest BCUT2D eigenvalue weighted by molar-refractivity contribution is 0.635. The molecule has 0 rings (SSSR count). The Morgan fingerprint density at radius 2 is 1.50 bits per heavy atom. The van der Waals surface area contributed by atoms with Crippen LogP contribution in [0.2, 0.25) is 0 Å². The third-order valence-corrected chi connectivity index (χ3v) is 1.54. The standard InChI is InChI=1S/C6H12.C5H9F.C2H6.C2H2/c1-4-6(3)5-2;1-3-4-5(2)6;2*1-2/h4H,5H2,1-3H3;4H,3H2,1-2H3;1-2H3;1-2H/b6-4+;5-4-;;. The van der Waals surface area contributed by atoms with Gasteiger partial charge in [-0.25, -0.2) is 4.39 Å². The minimum absolute atomic E-state index is 0.0856. The highest BCUT2D eigenvalue weighted by Crippen LogP contribution is 1.94. The molecule has 0 aliphatic carbocycles. The van der Waals surface area contributed by atoms with Crippen molar-refractivity contribution in [2.75, 3.05) is 0 Å². The summed E-state index contributed by atoms with van der Waals surface area (Å²) in [6.07, 6.45) is 13.7. The van der Waals surface area contributed by atoms with E-state index in [1.165, 1.54) is 18.9 Å². The molecule has 0 atom stereocenters. The van der Waals surface area contributed by atoms with Crippen molar-refractivity contribution in [2.24, 2.45) is 0 Å². The molecule has 0 unspecified atom stereocenters. The van der Waals surface area contributed by atoms with Gasteiger partial charge in [-0.15, -0.1) is 12.8 Å². The monoisotopic (exact) mass is 228 g/mol. The van der Waals surface area contributed by atoms with E-state index < -0.39 is 0 Å². The van der Waals surface area contributed by atoms with E-state index in [9.17, 15) is 4.39 Å². The van der Waals surface area contributed by atoms with E-state index in [2.05, 4.69) is 39.7 Å². The molecule has 0 aliphatic rings. The molecule has 1 heteroatoms. The van der Waals surface area contributed by atoms with Crippen LogP contribution in [0.5, 0.6) is 0 Å². The van der Waals surface area contributed by atoms with Gasteiger partial charge >= 0.3 is 0 Å². The normalized spacial score (nSPS) is 9.62. The van der Waals surface area contributed by atoms with E-state index in [4.69, 9.17) is 0 Å². The van der Waals surface area contributed by atoms with Crippen LogP contribution in [0, 0.1) is 12.8 Å². The molecule has 0 fully saturated rings. The lowest BCUT2D eigenvalue weighted by Gasteiger charge is -1.85. The van der Waals surface area contributed by atoms with Crippen molar-refractivity contribution >= 4 is 0 Å². The molecule has 0 aromatic carbocycles. The van der Waals surface area contributed by atoms with Gasteiger partial charge in [-0.1, -0.05) is 45.4 Å². The molecule has 0 bridgehead atoms. The Morgan fingerprint density at radius 3 is 1.50 bits per heavy atom. The predicted molar refractivity (Wildman–Crippen MR) is 76.1 cm³/mol. The number of allylic oxidation sites excluding steroid dienone is 4. The Kier molecular flexibility index (Phi) is 44.3. The van der Waals surface area contributed by atoms with Crippen molar-refractivity contribution in [1.29, 1.82) is 0 Å². The van der Waals surface area contributed by atoms with E-state index in [0.717, 1.165) is 6.42 Å². The Balaban J connectivity index is -0.0000000686. The Morgan fingerprint density at radius 1 is 1.12 bits per heavy atom. The molecule has 0 aromatic rings. The summed E-state index contributed by atoms with van der Waals surface area (Å²) < 4.78 is 11.6. The number of terminal acetylenes is 1. The lowest BCUT2D eigenvalue weighted by atomic mass is 10.2. The van der Waals surface area contributed by atoms with Gasteiger partial charge in [0.25, 0.3) is 0 Å². The summed E-state index contributed by atoms with van der Waals surface area (Å²) in [5, 5.41) is 0. The highest BCUT2D eigenvalue weighted by atomic mass is 19.1. The zero-order valence-corrected chi connectivity index (χ0v) is 12.1. The molecular weight excluding hydrogens is 199 g/mol. The molecule has 0 amide bonds. The molecule has 0 N–H and O–H groups in total. The number of rotatable bonds is 2. The van der Waals surface area contributed by atoms with E-state index in [1.807, 2.05) is 20.8 Å². The number of hydrogen-bond donors (Lipinski definition) is 0. The van der Waals surface area contributed by atoms with Gasteiger partial charge in [0.15, 0.2) is 0 Å². The molecular formula is C15H29F. The van der Waals surface area contributed by atoms with Gasteiger partial charge in [0.2, 0.25) is 0 Å². The van der Waals surface area contributed by atoms with Gasteiger partial charge in [0, 0.05) is 0 Å². The van der Waals surface area contributed by atoms with Gasteiger partial charge in [-0.3, -0.25) is 0 Å². The maximum atomic E-state index is 11.6. The number of hydrogen-bond acceptors (Lipinski definition) is 0. The van der Waals surface area contributed by atoms with Crippen molar-refractivity contribution in [3.05, 3.63) is 23.6 Å².